The Morgan fingerprint density at radius 1 is 0.903 bits per heavy atom. The van der Waals surface area contributed by atoms with Crippen LogP contribution in [0.3, 0.4) is 0 Å². The summed E-state index contributed by atoms with van der Waals surface area (Å²) in [5, 5.41) is 12.0. The smallest absolute Gasteiger partial charge is 0.360 e. The van der Waals surface area contributed by atoms with E-state index in [1.54, 1.807) is 36.4 Å². The van der Waals surface area contributed by atoms with E-state index in [-0.39, 0.29) is 18.1 Å². The summed E-state index contributed by atoms with van der Waals surface area (Å²) in [4.78, 5) is 27.3. The minimum Gasteiger partial charge on any atom is -0.464 e. The molecular weight excluding hydrogens is 405 g/mol. The highest BCUT2D eigenvalue weighted by molar-refractivity contribution is 6.48. The summed E-state index contributed by atoms with van der Waals surface area (Å²) in [5.74, 6) is -1.000. The van der Waals surface area contributed by atoms with E-state index >= 15 is 0 Å². The zero-order valence-electron chi connectivity index (χ0n) is 17.8. The summed E-state index contributed by atoms with van der Waals surface area (Å²) in [6.07, 6.45) is 0.486. The molecular formula is C22H24FN3O5. The second-order valence-corrected chi connectivity index (χ2v) is 6.07. The quantitative estimate of drug-likeness (QED) is 0.326. The lowest BCUT2D eigenvalue weighted by Crippen LogP contribution is -2.19. The van der Waals surface area contributed by atoms with E-state index in [4.69, 9.17) is 19.2 Å². The van der Waals surface area contributed by atoms with E-state index in [0.717, 1.165) is 0 Å². The molecule has 0 radical (unpaired) electrons. The fraction of sp³-hybridized carbons (Fsp3) is 0.273. The summed E-state index contributed by atoms with van der Waals surface area (Å²) >= 11 is 0. The van der Waals surface area contributed by atoms with E-state index < -0.39 is 5.97 Å². The first-order valence-corrected chi connectivity index (χ1v) is 9.39. The van der Waals surface area contributed by atoms with Crippen LogP contribution in [-0.4, -0.2) is 44.4 Å². The van der Waals surface area contributed by atoms with Crippen LogP contribution in [0.15, 0.2) is 64.0 Å². The second-order valence-electron chi connectivity index (χ2n) is 6.07. The molecule has 0 N–H and O–H groups in total. The lowest BCUT2D eigenvalue weighted by Gasteiger charge is -2.11. The number of benzene rings is 2. The van der Waals surface area contributed by atoms with Gasteiger partial charge in [-0.05, 0) is 30.7 Å². The molecule has 31 heavy (non-hydrogen) atoms. The predicted molar refractivity (Wildman–Crippen MR) is 114 cm³/mol. The predicted octanol–water partition coefficient (Wildman–Crippen LogP) is 3.68. The Bertz CT molecular complexity index is 971. The van der Waals surface area contributed by atoms with Crippen molar-refractivity contribution in [2.24, 2.45) is 15.5 Å². The van der Waals surface area contributed by atoms with Gasteiger partial charge < -0.3 is 19.2 Å². The number of hydrogen-bond acceptors (Lipinski definition) is 8. The first-order chi connectivity index (χ1) is 15.0. The number of esters is 1. The largest absolute Gasteiger partial charge is 0.464 e. The van der Waals surface area contributed by atoms with Crippen molar-refractivity contribution in [3.05, 3.63) is 71.0 Å². The van der Waals surface area contributed by atoms with Crippen molar-refractivity contribution in [2.45, 2.75) is 20.0 Å². The van der Waals surface area contributed by atoms with Crippen LogP contribution in [0.4, 0.5) is 4.39 Å². The van der Waals surface area contributed by atoms with Gasteiger partial charge in [-0.15, -0.1) is 0 Å². The van der Waals surface area contributed by atoms with Crippen molar-refractivity contribution < 1.29 is 28.4 Å². The van der Waals surface area contributed by atoms with E-state index in [0.29, 0.717) is 34.5 Å². The molecule has 0 aromatic heterocycles. The number of rotatable bonds is 10. The highest BCUT2D eigenvalue weighted by Crippen LogP contribution is 2.14. The number of methoxy groups -OCH3 is 1. The molecule has 164 valence electrons. The molecule has 0 atom stereocenters. The van der Waals surface area contributed by atoms with E-state index in [9.17, 15) is 9.18 Å². The van der Waals surface area contributed by atoms with Crippen LogP contribution in [0.2, 0.25) is 0 Å². The van der Waals surface area contributed by atoms with Crippen LogP contribution in [0.1, 0.15) is 30.0 Å². The van der Waals surface area contributed by atoms with Gasteiger partial charge in [-0.3, -0.25) is 0 Å². The van der Waals surface area contributed by atoms with Crippen LogP contribution < -0.4 is 0 Å². The van der Waals surface area contributed by atoms with Crippen molar-refractivity contribution in [3.63, 3.8) is 0 Å². The van der Waals surface area contributed by atoms with Gasteiger partial charge in [0.25, 0.3) is 0 Å². The molecule has 0 saturated carbocycles. The summed E-state index contributed by atoms with van der Waals surface area (Å²) in [5.41, 5.74) is 2.72. The van der Waals surface area contributed by atoms with Crippen LogP contribution >= 0.6 is 0 Å². The summed E-state index contributed by atoms with van der Waals surface area (Å²) in [6, 6.07) is 12.8. The van der Waals surface area contributed by atoms with Crippen LogP contribution in [0, 0.1) is 5.82 Å². The fourth-order valence-corrected chi connectivity index (χ4v) is 2.69. The van der Waals surface area contributed by atoms with Gasteiger partial charge in [-0.1, -0.05) is 46.7 Å². The van der Waals surface area contributed by atoms with Gasteiger partial charge in [0, 0.05) is 16.7 Å². The van der Waals surface area contributed by atoms with Crippen LogP contribution in [0.5, 0.6) is 0 Å². The number of hydrogen-bond donors (Lipinski definition) is 0. The van der Waals surface area contributed by atoms with Crippen molar-refractivity contribution in [1.82, 2.24) is 0 Å². The normalized spacial score (nSPS) is 12.4. The Balaban J connectivity index is 2.29. The molecule has 2 rings (SSSR count). The topological polar surface area (TPSA) is 91.1 Å². The molecule has 0 heterocycles. The molecule has 9 heteroatoms. The molecule has 0 bridgehead atoms. The third kappa shape index (κ3) is 6.36. The fourth-order valence-electron chi connectivity index (χ4n) is 2.69. The number of ether oxygens (including phenoxy) is 1. The summed E-state index contributed by atoms with van der Waals surface area (Å²) < 4.78 is 18.0. The van der Waals surface area contributed by atoms with Crippen molar-refractivity contribution in [2.75, 3.05) is 21.3 Å². The molecule has 0 aliphatic carbocycles. The maximum Gasteiger partial charge on any atom is 0.360 e. The van der Waals surface area contributed by atoms with Gasteiger partial charge in [-0.25, -0.2) is 9.18 Å². The Labute approximate surface area is 179 Å². The highest BCUT2D eigenvalue weighted by atomic mass is 19.1. The SMILES string of the molecule is CCC(=N\OCc1ccccc1/C(=N/OC)C(=O)OC)/C(=N/OC)c1ccc(F)cc1. The van der Waals surface area contributed by atoms with Crippen molar-refractivity contribution >= 4 is 23.1 Å². The first kappa shape index (κ1) is 23.5. The van der Waals surface area contributed by atoms with Gasteiger partial charge in [0.05, 0.1) is 7.11 Å². The summed E-state index contributed by atoms with van der Waals surface area (Å²) in [6.45, 7) is 1.93. The maximum atomic E-state index is 13.3. The van der Waals surface area contributed by atoms with Crippen LogP contribution in [-0.2, 0) is 30.7 Å². The molecule has 0 fully saturated rings. The first-order valence-electron chi connectivity index (χ1n) is 9.39. The lowest BCUT2D eigenvalue weighted by atomic mass is 10.0. The zero-order valence-corrected chi connectivity index (χ0v) is 17.8. The van der Waals surface area contributed by atoms with E-state index in [2.05, 4.69) is 15.5 Å². The van der Waals surface area contributed by atoms with E-state index in [1.807, 2.05) is 6.92 Å². The molecule has 8 nitrogen and oxygen atoms in total. The third-order valence-electron chi connectivity index (χ3n) is 4.14. The third-order valence-corrected chi connectivity index (χ3v) is 4.14. The van der Waals surface area contributed by atoms with E-state index in [1.165, 1.54) is 33.5 Å². The van der Waals surface area contributed by atoms with Gasteiger partial charge in [-0.2, -0.15) is 0 Å². The zero-order chi connectivity index (χ0) is 22.6. The Morgan fingerprint density at radius 2 is 1.55 bits per heavy atom. The highest BCUT2D eigenvalue weighted by Gasteiger charge is 2.19. The molecule has 0 saturated heterocycles. The van der Waals surface area contributed by atoms with Gasteiger partial charge in [0.1, 0.15) is 38.1 Å². The molecule has 0 amide bonds. The Kier molecular flexibility index (Phi) is 9.15. The number of nitrogens with zero attached hydrogens (tertiary/aromatic N) is 3. The summed E-state index contributed by atoms with van der Waals surface area (Å²) in [7, 11) is 4.01. The molecule has 2 aromatic rings. The number of carbonyl (C=O) groups is 1. The van der Waals surface area contributed by atoms with Crippen molar-refractivity contribution in [3.8, 4) is 0 Å². The Morgan fingerprint density at radius 3 is 2.16 bits per heavy atom. The molecule has 0 unspecified atom stereocenters. The minimum absolute atomic E-state index is 0.0110. The Hall–Kier alpha value is -3.75. The number of carbonyl (C=O) groups excluding carboxylic acids is 1. The second kappa shape index (κ2) is 12.1. The van der Waals surface area contributed by atoms with Crippen LogP contribution in [0.25, 0.3) is 0 Å². The van der Waals surface area contributed by atoms with Gasteiger partial charge >= 0.3 is 5.97 Å². The maximum absolute atomic E-state index is 13.3. The number of halogens is 1. The van der Waals surface area contributed by atoms with Gasteiger partial charge in [0.2, 0.25) is 0 Å². The van der Waals surface area contributed by atoms with Crippen molar-refractivity contribution in [1.29, 1.82) is 0 Å². The van der Waals surface area contributed by atoms with Gasteiger partial charge in [0.15, 0.2) is 5.71 Å². The average Bonchev–Trinajstić information content (AvgIpc) is 2.80. The monoisotopic (exact) mass is 429 g/mol. The average molecular weight is 429 g/mol. The lowest BCUT2D eigenvalue weighted by molar-refractivity contribution is -0.132. The molecule has 0 aliphatic heterocycles. The molecule has 2 aromatic carbocycles. The molecule has 0 aliphatic rings. The standard InChI is InChI=1S/C22H24FN3O5/c1-5-19(20(25-29-3)15-10-12-17(23)13-11-15)24-31-14-16-8-6-7-9-18(16)21(26-30-4)22(27)28-2/h6-13H,5,14H2,1-4H3/b24-19+,25-20+,26-21-. The number of oxime groups is 3. The molecule has 0 spiro atoms. The minimum atomic E-state index is -0.641.